The van der Waals surface area contributed by atoms with Crippen LogP contribution in [0.5, 0.6) is 0 Å². The van der Waals surface area contributed by atoms with Crippen LogP contribution in [0.25, 0.3) is 0 Å². The zero-order valence-electron chi connectivity index (χ0n) is 6.24. The van der Waals surface area contributed by atoms with Crippen LogP contribution in [-0.4, -0.2) is 63.4 Å². The Kier molecular flexibility index (Phi) is 3.15. The van der Waals surface area contributed by atoms with Gasteiger partial charge in [-0.1, -0.05) is 12.1 Å². The maximum Gasteiger partial charge on any atom is 0.206 e. The number of rotatable bonds is 0. The molecule has 1 aromatic rings. The van der Waals surface area contributed by atoms with Crippen LogP contribution in [0.15, 0.2) is 29.3 Å². The molecule has 0 spiro atoms. The van der Waals surface area contributed by atoms with Crippen molar-refractivity contribution in [2.24, 2.45) is 4.99 Å². The second-order valence-corrected chi connectivity index (χ2v) is 2.14. The van der Waals surface area contributed by atoms with Crippen molar-refractivity contribution in [1.29, 1.82) is 0 Å². The van der Waals surface area contributed by atoms with Gasteiger partial charge in [-0.05, 0) is 12.1 Å². The van der Waals surface area contributed by atoms with E-state index in [0.717, 1.165) is 5.69 Å². The van der Waals surface area contributed by atoms with Gasteiger partial charge in [-0.3, -0.25) is 9.79 Å². The minimum atomic E-state index is 0. The normalized spacial score (nSPS) is 12.5. The van der Waals surface area contributed by atoms with Crippen LogP contribution in [-0.2, 0) is 0 Å². The zero-order chi connectivity index (χ0) is 6.97. The molecule has 2 rings (SSSR count). The molecule has 49 valence electrons. The van der Waals surface area contributed by atoms with Gasteiger partial charge >= 0.3 is 0 Å². The molecule has 0 unspecified atom stereocenters. The topological polar surface area (TPSA) is 29.4 Å². The first-order valence-corrected chi connectivity index (χ1v) is 3.05. The van der Waals surface area contributed by atoms with E-state index in [1.54, 1.807) is 6.07 Å². The smallest absolute Gasteiger partial charge is 0.206 e. The summed E-state index contributed by atoms with van der Waals surface area (Å²) in [6.07, 6.45) is 1.35. The number of para-hydroxylation sites is 1. The third kappa shape index (κ3) is 1.68. The fraction of sp³-hybridized carbons (Fsp3) is 0. The molecule has 11 heavy (non-hydrogen) atoms. The quantitative estimate of drug-likeness (QED) is 0.538. The summed E-state index contributed by atoms with van der Waals surface area (Å²) < 4.78 is 0. The average molecular weight is 170 g/mol. The van der Waals surface area contributed by atoms with E-state index in [1.165, 1.54) is 6.21 Å². The van der Waals surface area contributed by atoms with Gasteiger partial charge in [0.15, 0.2) is 0 Å². The Hall–Kier alpha value is 0.196. The molecule has 2 nitrogen and oxygen atoms in total. The number of hydrogen-bond donors (Lipinski definition) is 0. The summed E-state index contributed by atoms with van der Waals surface area (Å²) in [5.41, 5.74) is 1.50. The summed E-state index contributed by atoms with van der Waals surface area (Å²) in [5, 5.41) is 0. The third-order valence-corrected chi connectivity index (χ3v) is 1.49. The van der Waals surface area contributed by atoms with Gasteiger partial charge in [-0.2, -0.15) is 0 Å². The predicted molar refractivity (Wildman–Crippen MR) is 44.7 cm³/mol. The van der Waals surface area contributed by atoms with Gasteiger partial charge in [0, 0.05) is 56.9 Å². The maximum atomic E-state index is 10.9. The first-order valence-electron chi connectivity index (χ1n) is 3.05. The first kappa shape index (κ1) is 9.29. The van der Waals surface area contributed by atoms with E-state index in [0.29, 0.717) is 5.56 Å². The molecule has 0 saturated heterocycles. The maximum absolute atomic E-state index is 10.9. The van der Waals surface area contributed by atoms with Crippen LogP contribution in [0.3, 0.4) is 0 Å². The second kappa shape index (κ2) is 3.73. The fourth-order valence-electron chi connectivity index (χ4n) is 0.992. The minimum Gasteiger partial charge on any atom is -0.287 e. The van der Waals surface area contributed by atoms with Crippen LogP contribution in [0.2, 0.25) is 0 Å². The van der Waals surface area contributed by atoms with Crippen molar-refractivity contribution in [1.82, 2.24) is 0 Å². The van der Waals surface area contributed by atoms with Crippen LogP contribution in [0.1, 0.15) is 10.4 Å². The van der Waals surface area contributed by atoms with Gasteiger partial charge in [-0.25, -0.2) is 0 Å². The van der Waals surface area contributed by atoms with Crippen molar-refractivity contribution in [2.75, 3.05) is 0 Å². The molecular weight excluding hydrogens is 165 g/mol. The van der Waals surface area contributed by atoms with Crippen LogP contribution in [0.4, 0.5) is 5.69 Å². The van der Waals surface area contributed by atoms with E-state index in [-0.39, 0.29) is 57.2 Å². The molecule has 0 atom stereocenters. The van der Waals surface area contributed by atoms with Crippen LogP contribution < -0.4 is 0 Å². The van der Waals surface area contributed by atoms with Crippen molar-refractivity contribution >= 4 is 69.1 Å². The van der Waals surface area contributed by atoms with Crippen LogP contribution >= 0.6 is 0 Å². The van der Waals surface area contributed by atoms with Gasteiger partial charge in [-0.15, -0.1) is 0 Å². The zero-order valence-corrected chi connectivity index (χ0v) is 9.37. The van der Waals surface area contributed by atoms with Crippen molar-refractivity contribution in [2.45, 2.75) is 0 Å². The number of nitrogens with zero attached hydrogens (tertiary/aromatic N) is 1. The molecule has 0 saturated carbocycles. The minimum absolute atomic E-state index is 0. The average Bonchev–Trinajstić information content (AvgIpc) is 2.34. The summed E-state index contributed by atoms with van der Waals surface area (Å²) in [6.45, 7) is 0. The van der Waals surface area contributed by atoms with Crippen molar-refractivity contribution < 1.29 is 4.79 Å². The second-order valence-electron chi connectivity index (χ2n) is 2.14. The number of hydrogen-bond acceptors (Lipinski definition) is 2. The van der Waals surface area contributed by atoms with E-state index < -0.39 is 0 Å². The Bertz CT molecular complexity index is 320. The molecular formula is C8H5KNO. The van der Waals surface area contributed by atoms with Crippen LogP contribution in [0, 0.1) is 0 Å². The van der Waals surface area contributed by atoms with Gasteiger partial charge in [0.05, 0.1) is 11.9 Å². The van der Waals surface area contributed by atoms with E-state index >= 15 is 0 Å². The Morgan fingerprint density at radius 2 is 1.91 bits per heavy atom. The number of carbonyl (C=O) groups excluding carboxylic acids is 1. The van der Waals surface area contributed by atoms with E-state index in [1.807, 2.05) is 18.2 Å². The fourth-order valence-corrected chi connectivity index (χ4v) is 0.992. The summed E-state index contributed by atoms with van der Waals surface area (Å²) in [6, 6.07) is 7.32. The van der Waals surface area contributed by atoms with Gasteiger partial charge in [0.25, 0.3) is 0 Å². The Balaban J connectivity index is 0.000000605. The number of carbonyl (C=O) groups is 1. The molecule has 0 aliphatic carbocycles. The molecule has 1 aliphatic rings. The molecule has 0 aromatic heterocycles. The molecule has 0 fully saturated rings. The van der Waals surface area contributed by atoms with Crippen molar-refractivity contribution in [3.8, 4) is 0 Å². The molecule has 1 radical (unpaired) electrons. The summed E-state index contributed by atoms with van der Waals surface area (Å²) in [4.78, 5) is 14.8. The largest absolute Gasteiger partial charge is 0.287 e. The predicted octanol–water partition coefficient (Wildman–Crippen LogP) is 1.20. The molecule has 0 bridgehead atoms. The Morgan fingerprint density at radius 1 is 1.18 bits per heavy atom. The van der Waals surface area contributed by atoms with Gasteiger partial charge in [0.1, 0.15) is 0 Å². The SMILES string of the molecule is O=C1C=Nc2ccccc21.[K]. The summed E-state index contributed by atoms with van der Waals surface area (Å²) in [5.74, 6) is 0.00981. The molecule has 0 amide bonds. The third-order valence-electron chi connectivity index (χ3n) is 1.49. The standard InChI is InChI=1S/C8H5NO.K/c10-8-5-9-7-4-2-1-3-6(7)8;/h1-5H;. The summed E-state index contributed by atoms with van der Waals surface area (Å²) in [7, 11) is 0. The molecule has 3 heteroatoms. The monoisotopic (exact) mass is 170 g/mol. The van der Waals surface area contributed by atoms with E-state index in [4.69, 9.17) is 0 Å². The van der Waals surface area contributed by atoms with Gasteiger partial charge in [0.2, 0.25) is 5.78 Å². The number of Topliss-reactive ketones (excluding diaryl/α,β-unsaturated/α-hetero) is 1. The molecule has 1 aromatic carbocycles. The number of benzene rings is 1. The summed E-state index contributed by atoms with van der Waals surface area (Å²) >= 11 is 0. The molecule has 1 aliphatic heterocycles. The Morgan fingerprint density at radius 3 is 2.64 bits per heavy atom. The van der Waals surface area contributed by atoms with Crippen molar-refractivity contribution in [3.05, 3.63) is 29.8 Å². The van der Waals surface area contributed by atoms with Gasteiger partial charge < -0.3 is 0 Å². The first-order chi connectivity index (χ1) is 4.88. The number of ketones is 1. The van der Waals surface area contributed by atoms with Crippen molar-refractivity contribution in [3.63, 3.8) is 0 Å². The number of fused-ring (bicyclic) bond motifs is 1. The Labute approximate surface area is 107 Å². The van der Waals surface area contributed by atoms with E-state index in [2.05, 4.69) is 4.99 Å². The molecule has 1 heterocycles. The van der Waals surface area contributed by atoms with E-state index in [9.17, 15) is 4.79 Å². The molecule has 0 N–H and O–H groups in total. The number of aliphatic imine (C=N–C) groups is 1.